The van der Waals surface area contributed by atoms with Crippen molar-refractivity contribution in [1.82, 2.24) is 14.9 Å². The Labute approximate surface area is 146 Å². The van der Waals surface area contributed by atoms with Gasteiger partial charge in [-0.15, -0.1) is 0 Å². The number of fused-ring (bicyclic) bond motifs is 1. The molecule has 0 atom stereocenters. The molecule has 2 aromatic carbocycles. The molecule has 6 nitrogen and oxygen atoms in total. The van der Waals surface area contributed by atoms with Gasteiger partial charge < -0.3 is 19.4 Å². The molecule has 3 aromatic rings. The largest absolute Gasteiger partial charge is 0.493 e. The maximum Gasteiger partial charge on any atom is 0.258 e. The van der Waals surface area contributed by atoms with Crippen LogP contribution < -0.4 is 14.8 Å². The summed E-state index contributed by atoms with van der Waals surface area (Å²) in [7, 11) is 3.51. The molecule has 0 bridgehead atoms. The number of benzene rings is 2. The summed E-state index contributed by atoms with van der Waals surface area (Å²) in [5.41, 5.74) is 3.01. The van der Waals surface area contributed by atoms with Gasteiger partial charge >= 0.3 is 0 Å². The molecule has 0 radical (unpaired) electrons. The number of nitrogens with one attached hydrogen (secondary N) is 1. The van der Waals surface area contributed by atoms with Crippen LogP contribution in [-0.4, -0.2) is 29.2 Å². The number of hydrogen-bond acceptors (Lipinski definition) is 4. The molecule has 0 saturated heterocycles. The highest BCUT2D eigenvalue weighted by Crippen LogP contribution is 2.27. The van der Waals surface area contributed by atoms with Crippen molar-refractivity contribution in [2.24, 2.45) is 7.05 Å². The van der Waals surface area contributed by atoms with Crippen molar-refractivity contribution < 1.29 is 14.3 Å². The number of amides is 1. The van der Waals surface area contributed by atoms with Crippen molar-refractivity contribution in [3.63, 3.8) is 0 Å². The van der Waals surface area contributed by atoms with Crippen LogP contribution in [0.3, 0.4) is 0 Å². The predicted molar refractivity (Wildman–Crippen MR) is 95.8 cm³/mol. The van der Waals surface area contributed by atoms with Crippen LogP contribution in [0.5, 0.6) is 11.5 Å². The van der Waals surface area contributed by atoms with E-state index in [1.54, 1.807) is 13.2 Å². The first-order valence-corrected chi connectivity index (χ1v) is 8.03. The van der Waals surface area contributed by atoms with Crippen LogP contribution in [0.25, 0.3) is 11.0 Å². The van der Waals surface area contributed by atoms with Crippen LogP contribution in [0.15, 0.2) is 42.5 Å². The molecule has 25 heavy (non-hydrogen) atoms. The summed E-state index contributed by atoms with van der Waals surface area (Å²) in [6, 6.07) is 13.4. The monoisotopic (exact) mass is 339 g/mol. The second-order valence-electron chi connectivity index (χ2n) is 5.80. The van der Waals surface area contributed by atoms with Crippen LogP contribution in [-0.2, 0) is 18.4 Å². The SMILES string of the molecule is COc1cc(C)ccc1OCC(=O)NCc1nc2ccccc2n1C. The highest BCUT2D eigenvalue weighted by molar-refractivity contribution is 5.78. The number of aromatic nitrogens is 2. The van der Waals surface area contributed by atoms with Gasteiger partial charge in [0.15, 0.2) is 18.1 Å². The van der Waals surface area contributed by atoms with E-state index in [-0.39, 0.29) is 12.5 Å². The van der Waals surface area contributed by atoms with Crippen molar-refractivity contribution in [1.29, 1.82) is 0 Å². The second-order valence-corrected chi connectivity index (χ2v) is 5.80. The number of hydrogen-bond donors (Lipinski definition) is 1. The summed E-state index contributed by atoms with van der Waals surface area (Å²) >= 11 is 0. The summed E-state index contributed by atoms with van der Waals surface area (Å²) in [4.78, 5) is 16.6. The molecule has 0 unspecified atom stereocenters. The van der Waals surface area contributed by atoms with Crippen molar-refractivity contribution >= 4 is 16.9 Å². The minimum atomic E-state index is -0.213. The molecule has 1 N–H and O–H groups in total. The Morgan fingerprint density at radius 3 is 2.76 bits per heavy atom. The first-order valence-electron chi connectivity index (χ1n) is 8.03. The van der Waals surface area contributed by atoms with Crippen molar-refractivity contribution in [3.05, 3.63) is 53.9 Å². The summed E-state index contributed by atoms with van der Waals surface area (Å²) in [6.07, 6.45) is 0. The Morgan fingerprint density at radius 1 is 1.20 bits per heavy atom. The highest BCUT2D eigenvalue weighted by Gasteiger charge is 2.10. The van der Waals surface area contributed by atoms with E-state index in [1.807, 2.05) is 54.9 Å². The zero-order valence-corrected chi connectivity index (χ0v) is 14.6. The molecule has 3 rings (SSSR count). The molecule has 0 aliphatic heterocycles. The van der Waals surface area contributed by atoms with Gasteiger partial charge in [0.05, 0.1) is 24.7 Å². The third kappa shape index (κ3) is 3.74. The fourth-order valence-electron chi connectivity index (χ4n) is 2.62. The van der Waals surface area contributed by atoms with Crippen LogP contribution in [0.2, 0.25) is 0 Å². The Kier molecular flexibility index (Phi) is 4.88. The molecule has 1 aromatic heterocycles. The van der Waals surface area contributed by atoms with E-state index >= 15 is 0 Å². The third-order valence-corrected chi connectivity index (χ3v) is 4.00. The molecule has 0 saturated carbocycles. The third-order valence-electron chi connectivity index (χ3n) is 4.00. The maximum absolute atomic E-state index is 12.1. The number of aryl methyl sites for hydroxylation is 2. The lowest BCUT2D eigenvalue weighted by atomic mass is 10.2. The highest BCUT2D eigenvalue weighted by atomic mass is 16.5. The lowest BCUT2D eigenvalue weighted by molar-refractivity contribution is -0.123. The number of imidazole rings is 1. The summed E-state index contributed by atoms with van der Waals surface area (Å²) in [6.45, 7) is 2.23. The minimum absolute atomic E-state index is 0.0800. The average molecular weight is 339 g/mol. The van der Waals surface area contributed by atoms with Gasteiger partial charge in [0.2, 0.25) is 0 Å². The first-order chi connectivity index (χ1) is 12.1. The molecule has 0 spiro atoms. The fraction of sp³-hybridized carbons (Fsp3) is 0.263. The van der Waals surface area contributed by atoms with Crippen LogP contribution in [0, 0.1) is 6.92 Å². The molecule has 0 aliphatic carbocycles. The fourth-order valence-corrected chi connectivity index (χ4v) is 2.62. The maximum atomic E-state index is 12.1. The van der Waals surface area contributed by atoms with Gasteiger partial charge in [-0.3, -0.25) is 4.79 Å². The molecule has 1 amide bonds. The van der Waals surface area contributed by atoms with E-state index in [1.165, 1.54) is 0 Å². The lowest BCUT2D eigenvalue weighted by Crippen LogP contribution is -2.29. The van der Waals surface area contributed by atoms with Gasteiger partial charge in [-0.25, -0.2) is 4.98 Å². The van der Waals surface area contributed by atoms with E-state index in [2.05, 4.69) is 10.3 Å². The quantitative estimate of drug-likeness (QED) is 0.750. The topological polar surface area (TPSA) is 65.4 Å². The van der Waals surface area contributed by atoms with E-state index in [4.69, 9.17) is 9.47 Å². The zero-order valence-electron chi connectivity index (χ0n) is 14.6. The second kappa shape index (κ2) is 7.25. The van der Waals surface area contributed by atoms with Gasteiger partial charge in [0.1, 0.15) is 5.82 Å². The predicted octanol–water partition coefficient (Wildman–Crippen LogP) is 2.59. The number of para-hydroxylation sites is 2. The number of carbonyl (C=O) groups is 1. The van der Waals surface area contributed by atoms with E-state index in [0.717, 1.165) is 22.4 Å². The standard InChI is InChI=1S/C19H21N3O3/c1-13-8-9-16(17(10-13)24-3)25-12-19(23)20-11-18-21-14-6-4-5-7-15(14)22(18)2/h4-10H,11-12H2,1-3H3,(H,20,23). The molecule has 0 fully saturated rings. The van der Waals surface area contributed by atoms with Crippen molar-refractivity contribution in [3.8, 4) is 11.5 Å². The average Bonchev–Trinajstić information content (AvgIpc) is 2.95. The van der Waals surface area contributed by atoms with E-state index in [0.29, 0.717) is 18.0 Å². The van der Waals surface area contributed by atoms with Crippen LogP contribution in [0.4, 0.5) is 0 Å². The van der Waals surface area contributed by atoms with Gasteiger partial charge in [0, 0.05) is 7.05 Å². The number of ether oxygens (including phenoxy) is 2. The first kappa shape index (κ1) is 16.8. The van der Waals surface area contributed by atoms with Gasteiger partial charge in [0.25, 0.3) is 5.91 Å². The van der Waals surface area contributed by atoms with Crippen LogP contribution in [0.1, 0.15) is 11.4 Å². The minimum Gasteiger partial charge on any atom is -0.493 e. The Morgan fingerprint density at radius 2 is 2.00 bits per heavy atom. The Bertz CT molecular complexity index is 902. The van der Waals surface area contributed by atoms with Crippen LogP contribution >= 0.6 is 0 Å². The van der Waals surface area contributed by atoms with Gasteiger partial charge in [-0.05, 0) is 36.8 Å². The molecule has 6 heteroatoms. The zero-order chi connectivity index (χ0) is 17.8. The van der Waals surface area contributed by atoms with E-state index in [9.17, 15) is 4.79 Å². The van der Waals surface area contributed by atoms with E-state index < -0.39 is 0 Å². The van der Waals surface area contributed by atoms with Gasteiger partial charge in [-0.1, -0.05) is 18.2 Å². The van der Waals surface area contributed by atoms with Gasteiger partial charge in [-0.2, -0.15) is 0 Å². The summed E-state index contributed by atoms with van der Waals surface area (Å²) < 4.78 is 12.8. The van der Waals surface area contributed by atoms with Crippen molar-refractivity contribution in [2.75, 3.05) is 13.7 Å². The molecular weight excluding hydrogens is 318 g/mol. The normalized spacial score (nSPS) is 10.7. The Hall–Kier alpha value is -3.02. The van der Waals surface area contributed by atoms with Crippen molar-refractivity contribution in [2.45, 2.75) is 13.5 Å². The smallest absolute Gasteiger partial charge is 0.258 e. The molecule has 0 aliphatic rings. The molecular formula is C19H21N3O3. The number of carbonyl (C=O) groups excluding carboxylic acids is 1. The summed E-state index contributed by atoms with van der Waals surface area (Å²) in [5.74, 6) is 1.74. The number of rotatable bonds is 6. The lowest BCUT2D eigenvalue weighted by Gasteiger charge is -2.11. The summed E-state index contributed by atoms with van der Waals surface area (Å²) in [5, 5.41) is 2.83. The number of nitrogens with zero attached hydrogens (tertiary/aromatic N) is 2. The Balaban J connectivity index is 1.58. The molecule has 130 valence electrons. The molecule has 1 heterocycles. The number of methoxy groups -OCH3 is 1.